The predicted octanol–water partition coefficient (Wildman–Crippen LogP) is 2.05. The largest absolute Gasteiger partial charge is 0.453 e. The Labute approximate surface area is 134 Å². The molecule has 3 aromatic rings. The quantitative estimate of drug-likeness (QED) is 0.696. The standard InChI is InChI=1S/C14H11N5O5/c1-21-14(20)19-12-16-7-4-9-10(5-8(7)17-12)24-11-2-3-15-13(18-11)23-6-22-9/h2-5H,6H2,1H3,(H2,16,17,19,20). The monoisotopic (exact) mass is 329 g/mol. The van der Waals surface area contributed by atoms with Gasteiger partial charge in [-0.15, -0.1) is 0 Å². The van der Waals surface area contributed by atoms with Crippen molar-refractivity contribution in [3.8, 4) is 23.4 Å². The highest BCUT2D eigenvalue weighted by Gasteiger charge is 2.16. The molecule has 0 atom stereocenters. The van der Waals surface area contributed by atoms with E-state index < -0.39 is 6.09 Å². The van der Waals surface area contributed by atoms with Crippen LogP contribution in [0, 0.1) is 0 Å². The molecule has 1 aliphatic rings. The summed E-state index contributed by atoms with van der Waals surface area (Å²) in [6, 6.07) is 5.11. The molecule has 1 amide bonds. The highest BCUT2D eigenvalue weighted by molar-refractivity contribution is 5.87. The van der Waals surface area contributed by atoms with Gasteiger partial charge in [0.2, 0.25) is 18.6 Å². The van der Waals surface area contributed by atoms with Crippen molar-refractivity contribution in [2.75, 3.05) is 19.2 Å². The van der Waals surface area contributed by atoms with E-state index in [1.54, 1.807) is 18.2 Å². The Morgan fingerprint density at radius 3 is 3.08 bits per heavy atom. The van der Waals surface area contributed by atoms with Gasteiger partial charge in [0, 0.05) is 24.4 Å². The number of nitrogens with one attached hydrogen (secondary N) is 2. The van der Waals surface area contributed by atoms with E-state index in [9.17, 15) is 4.79 Å². The second kappa shape index (κ2) is 5.57. The van der Waals surface area contributed by atoms with Gasteiger partial charge in [-0.2, -0.15) is 4.98 Å². The fourth-order valence-electron chi connectivity index (χ4n) is 2.13. The summed E-state index contributed by atoms with van der Waals surface area (Å²) < 4.78 is 21.1. The lowest BCUT2D eigenvalue weighted by Crippen LogP contribution is -2.11. The zero-order valence-corrected chi connectivity index (χ0v) is 12.4. The topological polar surface area (TPSA) is 120 Å². The molecule has 10 nitrogen and oxygen atoms in total. The van der Waals surface area contributed by atoms with Crippen LogP contribution in [-0.2, 0) is 4.74 Å². The van der Waals surface area contributed by atoms with Gasteiger partial charge in [-0.1, -0.05) is 0 Å². The zero-order valence-electron chi connectivity index (χ0n) is 12.4. The molecule has 10 heteroatoms. The van der Waals surface area contributed by atoms with Gasteiger partial charge >= 0.3 is 12.1 Å². The Kier molecular flexibility index (Phi) is 3.26. The first-order valence-electron chi connectivity index (χ1n) is 6.86. The smallest absolute Gasteiger partial charge is 0.413 e. The average Bonchev–Trinajstić information content (AvgIpc) is 2.97. The van der Waals surface area contributed by atoms with Crippen LogP contribution in [0.4, 0.5) is 10.7 Å². The Morgan fingerprint density at radius 1 is 1.29 bits per heavy atom. The number of benzene rings is 1. The van der Waals surface area contributed by atoms with E-state index in [2.05, 4.69) is 30.0 Å². The van der Waals surface area contributed by atoms with Crippen molar-refractivity contribution in [3.05, 3.63) is 24.4 Å². The number of rotatable bonds is 1. The Bertz CT molecular complexity index is 925. The van der Waals surface area contributed by atoms with Crippen LogP contribution in [0.1, 0.15) is 0 Å². The number of aromatic amines is 1. The van der Waals surface area contributed by atoms with E-state index in [0.29, 0.717) is 28.4 Å². The second-order valence-electron chi connectivity index (χ2n) is 4.70. The normalized spacial score (nSPS) is 12.5. The molecule has 0 aliphatic carbocycles. The van der Waals surface area contributed by atoms with Crippen molar-refractivity contribution in [1.29, 1.82) is 0 Å². The van der Waals surface area contributed by atoms with E-state index in [1.807, 2.05) is 0 Å². The predicted molar refractivity (Wildman–Crippen MR) is 80.4 cm³/mol. The SMILES string of the molecule is COC(=O)Nc1nc2cc3c(cc2[nH]1)Oc1ccnc(n1)OCO3. The van der Waals surface area contributed by atoms with Crippen molar-refractivity contribution in [2.45, 2.75) is 0 Å². The average molecular weight is 329 g/mol. The first-order chi connectivity index (χ1) is 11.7. The van der Waals surface area contributed by atoms with Crippen LogP contribution in [0.15, 0.2) is 24.4 Å². The summed E-state index contributed by atoms with van der Waals surface area (Å²) in [5, 5.41) is 2.46. The van der Waals surface area contributed by atoms with Crippen LogP contribution < -0.4 is 19.5 Å². The van der Waals surface area contributed by atoms with E-state index in [0.717, 1.165) is 0 Å². The number of ether oxygens (including phenoxy) is 4. The van der Waals surface area contributed by atoms with E-state index in [-0.39, 0.29) is 18.8 Å². The van der Waals surface area contributed by atoms with E-state index in [1.165, 1.54) is 13.3 Å². The molecule has 2 N–H and O–H groups in total. The first-order valence-corrected chi connectivity index (χ1v) is 6.86. The number of carbonyl (C=O) groups excluding carboxylic acids is 1. The van der Waals surface area contributed by atoms with Crippen LogP contribution in [-0.4, -0.2) is 39.9 Å². The van der Waals surface area contributed by atoms with Gasteiger partial charge in [-0.25, -0.2) is 14.8 Å². The molecule has 1 aliphatic heterocycles. The number of nitrogens with zero attached hydrogens (tertiary/aromatic N) is 3. The Morgan fingerprint density at radius 2 is 2.21 bits per heavy atom. The van der Waals surface area contributed by atoms with Crippen molar-refractivity contribution >= 4 is 23.1 Å². The van der Waals surface area contributed by atoms with Gasteiger partial charge in [0.25, 0.3) is 0 Å². The summed E-state index contributed by atoms with van der Waals surface area (Å²) in [7, 11) is 1.27. The van der Waals surface area contributed by atoms with Crippen molar-refractivity contribution in [3.63, 3.8) is 0 Å². The zero-order chi connectivity index (χ0) is 16.5. The Balaban J connectivity index is 1.74. The third kappa shape index (κ3) is 2.60. The maximum Gasteiger partial charge on any atom is 0.413 e. The number of hydrogen-bond donors (Lipinski definition) is 2. The summed E-state index contributed by atoms with van der Waals surface area (Å²) in [4.78, 5) is 26.5. The van der Waals surface area contributed by atoms with E-state index in [4.69, 9.17) is 14.2 Å². The van der Waals surface area contributed by atoms with Gasteiger partial charge in [0.05, 0.1) is 18.1 Å². The van der Waals surface area contributed by atoms with Gasteiger partial charge in [-0.05, 0) is 0 Å². The van der Waals surface area contributed by atoms with Crippen LogP contribution in [0.3, 0.4) is 0 Å². The molecule has 3 heterocycles. The number of amides is 1. The molecule has 122 valence electrons. The molecule has 0 fully saturated rings. The Hall–Kier alpha value is -3.56. The number of carbonyl (C=O) groups is 1. The third-order valence-electron chi connectivity index (χ3n) is 3.18. The van der Waals surface area contributed by atoms with Gasteiger partial charge in [0.1, 0.15) is 0 Å². The lowest BCUT2D eigenvalue weighted by molar-refractivity contribution is 0.110. The number of imidazole rings is 1. The molecule has 0 unspecified atom stereocenters. The molecule has 24 heavy (non-hydrogen) atoms. The summed E-state index contributed by atoms with van der Waals surface area (Å²) in [6.45, 7) is -0.0803. The molecular weight excluding hydrogens is 318 g/mol. The highest BCUT2D eigenvalue weighted by Crippen LogP contribution is 2.36. The molecular formula is C14H11N5O5. The summed E-state index contributed by atoms with van der Waals surface area (Å²) >= 11 is 0. The number of methoxy groups -OCH3 is 1. The van der Waals surface area contributed by atoms with E-state index >= 15 is 0 Å². The first kappa shape index (κ1) is 14.1. The number of fused-ring (bicyclic) bond motifs is 4. The molecule has 0 saturated carbocycles. The van der Waals surface area contributed by atoms with Crippen LogP contribution >= 0.6 is 0 Å². The molecule has 2 bridgehead atoms. The van der Waals surface area contributed by atoms with Gasteiger partial charge in [0.15, 0.2) is 11.5 Å². The fourth-order valence-corrected chi connectivity index (χ4v) is 2.13. The van der Waals surface area contributed by atoms with Crippen LogP contribution in [0.2, 0.25) is 0 Å². The number of hydrogen-bond acceptors (Lipinski definition) is 8. The third-order valence-corrected chi connectivity index (χ3v) is 3.18. The lowest BCUT2D eigenvalue weighted by Gasteiger charge is -2.09. The van der Waals surface area contributed by atoms with Crippen molar-refractivity contribution in [1.82, 2.24) is 19.9 Å². The van der Waals surface area contributed by atoms with Crippen LogP contribution in [0.5, 0.6) is 23.4 Å². The highest BCUT2D eigenvalue weighted by atomic mass is 16.7. The van der Waals surface area contributed by atoms with Gasteiger partial charge in [-0.3, -0.25) is 5.32 Å². The maximum absolute atomic E-state index is 11.3. The van der Waals surface area contributed by atoms with Crippen molar-refractivity contribution < 1.29 is 23.7 Å². The summed E-state index contributed by atoms with van der Waals surface area (Å²) in [5.41, 5.74) is 1.21. The molecule has 0 radical (unpaired) electrons. The number of aromatic nitrogens is 4. The van der Waals surface area contributed by atoms with Crippen molar-refractivity contribution in [2.24, 2.45) is 0 Å². The summed E-state index contributed by atoms with van der Waals surface area (Å²) in [5.74, 6) is 1.40. The number of H-pyrrole nitrogens is 1. The molecule has 0 spiro atoms. The van der Waals surface area contributed by atoms with Crippen LogP contribution in [0.25, 0.3) is 11.0 Å². The molecule has 4 rings (SSSR count). The van der Waals surface area contributed by atoms with Gasteiger partial charge < -0.3 is 23.9 Å². The lowest BCUT2D eigenvalue weighted by atomic mass is 10.2. The molecule has 0 saturated heterocycles. The fraction of sp³-hybridized carbons (Fsp3) is 0.143. The maximum atomic E-state index is 11.3. The molecule has 2 aromatic heterocycles. The molecule has 1 aromatic carbocycles. The minimum atomic E-state index is -0.627. The minimum absolute atomic E-state index is 0.0803. The second-order valence-corrected chi connectivity index (χ2v) is 4.70. The number of anilines is 1. The minimum Gasteiger partial charge on any atom is -0.453 e. The summed E-state index contributed by atoms with van der Waals surface area (Å²) in [6.07, 6.45) is 0.897.